The van der Waals surface area contributed by atoms with Gasteiger partial charge < -0.3 is 15.2 Å². The molecule has 6 heteroatoms. The quantitative estimate of drug-likeness (QED) is 0.110. The molecule has 0 heterocycles. The van der Waals surface area contributed by atoms with Gasteiger partial charge in [-0.3, -0.25) is 14.4 Å². The molecule has 0 aromatic carbocycles. The topological polar surface area (TPSA) is 92.7 Å². The smallest absolute Gasteiger partial charge is 0.322 e. The number of esters is 1. The summed E-state index contributed by atoms with van der Waals surface area (Å²) >= 11 is 0. The first-order valence-corrected chi connectivity index (χ1v) is 20.0. The predicted octanol–water partition coefficient (Wildman–Crippen LogP) is 10.3. The molecule has 278 valence electrons. The molecule has 9 unspecified atom stereocenters. The molecule has 0 aromatic rings. The molecule has 4 rings (SSSR count). The van der Waals surface area contributed by atoms with Crippen LogP contribution in [0.1, 0.15) is 137 Å². The van der Waals surface area contributed by atoms with E-state index in [2.05, 4.69) is 87.7 Å². The lowest BCUT2D eigenvalue weighted by atomic mass is 9.44. The number of ether oxygens (including phenoxy) is 1. The first kappa shape index (κ1) is 39.9. The number of carbonyl (C=O) groups is 3. The van der Waals surface area contributed by atoms with E-state index >= 15 is 0 Å². The van der Waals surface area contributed by atoms with Crippen molar-refractivity contribution in [3.05, 3.63) is 60.8 Å². The molecule has 0 spiro atoms. The number of hydrogen-bond donors (Lipinski definition) is 2. The Balaban J connectivity index is 1.16. The molecule has 0 saturated heterocycles. The zero-order valence-corrected chi connectivity index (χ0v) is 31.6. The van der Waals surface area contributed by atoms with Crippen LogP contribution in [0.2, 0.25) is 0 Å². The molecule has 50 heavy (non-hydrogen) atoms. The Hall–Kier alpha value is -2.89. The maximum atomic E-state index is 12.7. The average Bonchev–Trinajstić information content (AvgIpc) is 3.45. The third-order valence-electron chi connectivity index (χ3n) is 13.4. The van der Waals surface area contributed by atoms with Crippen LogP contribution in [0.4, 0.5) is 0 Å². The first-order chi connectivity index (χ1) is 24.1. The van der Waals surface area contributed by atoms with E-state index in [1.165, 1.54) is 38.5 Å². The van der Waals surface area contributed by atoms with E-state index in [-0.39, 0.29) is 24.5 Å². The molecule has 6 nitrogen and oxygen atoms in total. The summed E-state index contributed by atoms with van der Waals surface area (Å²) in [5.41, 5.74) is 0.667. The lowest BCUT2D eigenvalue weighted by molar-refractivity contribution is -0.162. The summed E-state index contributed by atoms with van der Waals surface area (Å²) in [6, 6.07) is 0. The highest BCUT2D eigenvalue weighted by Crippen LogP contribution is 2.68. The highest BCUT2D eigenvalue weighted by Gasteiger charge is 2.60. The number of carboxylic acids is 1. The number of allylic oxidation sites excluding steroid dienone is 9. The summed E-state index contributed by atoms with van der Waals surface area (Å²) in [7, 11) is 0. The molecule has 1 amide bonds. The Morgan fingerprint density at radius 1 is 0.780 bits per heavy atom. The Morgan fingerprint density at radius 3 is 2.02 bits per heavy atom. The van der Waals surface area contributed by atoms with Gasteiger partial charge in [-0.25, -0.2) is 0 Å². The van der Waals surface area contributed by atoms with Crippen LogP contribution >= 0.6 is 0 Å². The Labute approximate surface area is 303 Å². The fourth-order valence-electron chi connectivity index (χ4n) is 10.8. The Morgan fingerprint density at radius 2 is 1.38 bits per heavy atom. The van der Waals surface area contributed by atoms with Crippen LogP contribution in [-0.4, -0.2) is 35.6 Å². The molecule has 0 aromatic heterocycles. The third-order valence-corrected chi connectivity index (χ3v) is 13.4. The number of amides is 1. The summed E-state index contributed by atoms with van der Waals surface area (Å²) < 4.78 is 6.05. The van der Waals surface area contributed by atoms with E-state index in [4.69, 9.17) is 9.84 Å². The first-order valence-electron chi connectivity index (χ1n) is 20.0. The van der Waals surface area contributed by atoms with Crippen LogP contribution in [0, 0.1) is 46.3 Å². The van der Waals surface area contributed by atoms with Crippen molar-refractivity contribution in [2.24, 2.45) is 46.3 Å². The summed E-state index contributed by atoms with van der Waals surface area (Å²) in [4.78, 5) is 35.8. The van der Waals surface area contributed by atoms with E-state index in [0.29, 0.717) is 41.4 Å². The van der Waals surface area contributed by atoms with Crippen LogP contribution in [0.25, 0.3) is 0 Å². The molecular formula is C44H67NO5. The second-order valence-corrected chi connectivity index (χ2v) is 16.4. The lowest BCUT2D eigenvalue weighted by Gasteiger charge is -2.61. The van der Waals surface area contributed by atoms with Gasteiger partial charge >= 0.3 is 11.9 Å². The predicted molar refractivity (Wildman–Crippen MR) is 203 cm³/mol. The molecule has 9 atom stereocenters. The van der Waals surface area contributed by atoms with E-state index in [1.807, 2.05) is 6.08 Å². The van der Waals surface area contributed by atoms with Gasteiger partial charge in [0.25, 0.3) is 0 Å². The van der Waals surface area contributed by atoms with Crippen molar-refractivity contribution in [3.8, 4) is 0 Å². The fourth-order valence-corrected chi connectivity index (χ4v) is 10.8. The molecule has 0 aliphatic heterocycles. The van der Waals surface area contributed by atoms with Gasteiger partial charge in [0.15, 0.2) is 0 Å². The number of aliphatic carboxylic acids is 1. The molecule has 0 bridgehead atoms. The van der Waals surface area contributed by atoms with Gasteiger partial charge in [0.1, 0.15) is 12.6 Å². The highest BCUT2D eigenvalue weighted by atomic mass is 16.5. The van der Waals surface area contributed by atoms with Crippen molar-refractivity contribution in [2.75, 3.05) is 6.54 Å². The van der Waals surface area contributed by atoms with Crippen molar-refractivity contribution in [3.63, 3.8) is 0 Å². The van der Waals surface area contributed by atoms with Crippen LogP contribution in [0.15, 0.2) is 60.8 Å². The summed E-state index contributed by atoms with van der Waals surface area (Å²) in [6.45, 7) is 9.29. The lowest BCUT2D eigenvalue weighted by Crippen LogP contribution is -2.54. The van der Waals surface area contributed by atoms with Gasteiger partial charge in [-0.2, -0.15) is 0 Å². The minimum Gasteiger partial charge on any atom is -0.480 e. The highest BCUT2D eigenvalue weighted by molar-refractivity contribution is 5.81. The summed E-state index contributed by atoms with van der Waals surface area (Å²) in [6.07, 6.45) is 38.9. The van der Waals surface area contributed by atoms with Crippen molar-refractivity contribution in [1.29, 1.82) is 0 Å². The number of fused-ring (bicyclic) bond motifs is 5. The second-order valence-electron chi connectivity index (χ2n) is 16.4. The van der Waals surface area contributed by atoms with Gasteiger partial charge in [0, 0.05) is 6.42 Å². The van der Waals surface area contributed by atoms with Gasteiger partial charge in [-0.05, 0) is 143 Å². The van der Waals surface area contributed by atoms with Gasteiger partial charge in [-0.15, -0.1) is 0 Å². The maximum Gasteiger partial charge on any atom is 0.322 e. The largest absolute Gasteiger partial charge is 0.480 e. The fraction of sp³-hybridized carbons (Fsp3) is 0.705. The minimum absolute atomic E-state index is 0.0538. The van der Waals surface area contributed by atoms with Crippen LogP contribution in [-0.2, 0) is 19.1 Å². The van der Waals surface area contributed by atoms with E-state index in [9.17, 15) is 14.4 Å². The molecule has 0 radical (unpaired) electrons. The van der Waals surface area contributed by atoms with Crippen molar-refractivity contribution in [1.82, 2.24) is 5.32 Å². The number of carboxylic acid groups (broad SMARTS) is 1. The normalized spacial score (nSPS) is 33.2. The van der Waals surface area contributed by atoms with Crippen molar-refractivity contribution >= 4 is 17.8 Å². The monoisotopic (exact) mass is 690 g/mol. The maximum absolute atomic E-state index is 12.7. The van der Waals surface area contributed by atoms with Gasteiger partial charge in [-0.1, -0.05) is 88.5 Å². The van der Waals surface area contributed by atoms with Gasteiger partial charge in [0.05, 0.1) is 6.42 Å². The molecule has 4 aliphatic carbocycles. The molecular weight excluding hydrogens is 622 g/mol. The van der Waals surface area contributed by atoms with Crippen molar-refractivity contribution in [2.45, 2.75) is 143 Å². The Kier molecular flexibility index (Phi) is 15.7. The zero-order chi connectivity index (χ0) is 36.0. The number of rotatable bonds is 18. The molecule has 4 aliphatic rings. The Bertz CT molecular complexity index is 1260. The summed E-state index contributed by atoms with van der Waals surface area (Å²) in [5.74, 6) is 2.78. The standard InChI is InChI=1S/C44H67NO5/c1-5-6-7-8-9-10-11-12-13-14-15-16-17-18-19-20-42(49)50-35-27-29-43(3)34(31-35)22-23-36-38-25-24-37(44(38,4)30-28-39(36)43)33(2)21-26-40(46)45-32-41(47)48/h6-7,9-10,12-13,15-16,18-19,33-39H,5,8,11,14,17,20-32H2,1-4H3,(H,45,46)(H,47,48)/b7-6-,10-9-,13-12-,16-15-,19-18-. The zero-order valence-electron chi connectivity index (χ0n) is 31.6. The van der Waals surface area contributed by atoms with Crippen LogP contribution in [0.5, 0.6) is 0 Å². The second kappa shape index (κ2) is 19.6. The number of hydrogen-bond acceptors (Lipinski definition) is 4. The molecule has 4 fully saturated rings. The SMILES string of the molecule is CC/C=C\C/C=C\C/C=C\C/C=C\C/C=C\CC(=O)OC1CCC2(C)C(CCC3C2CCC2(C)C(C(C)CCC(=O)NCC(=O)O)CCC32)C1. The molecule has 4 saturated carbocycles. The van der Waals surface area contributed by atoms with E-state index in [0.717, 1.165) is 75.5 Å². The third kappa shape index (κ3) is 10.8. The van der Waals surface area contributed by atoms with Crippen LogP contribution in [0.3, 0.4) is 0 Å². The minimum atomic E-state index is -0.996. The van der Waals surface area contributed by atoms with Crippen LogP contribution < -0.4 is 5.32 Å². The number of nitrogens with one attached hydrogen (secondary N) is 1. The van der Waals surface area contributed by atoms with E-state index in [1.54, 1.807) is 0 Å². The van der Waals surface area contributed by atoms with Gasteiger partial charge in [0.2, 0.25) is 5.91 Å². The average molecular weight is 690 g/mol. The summed E-state index contributed by atoms with van der Waals surface area (Å²) in [5, 5.41) is 11.4. The molecule has 2 N–H and O–H groups in total. The van der Waals surface area contributed by atoms with Crippen molar-refractivity contribution < 1.29 is 24.2 Å². The number of carbonyl (C=O) groups excluding carboxylic acids is 2. The van der Waals surface area contributed by atoms with E-state index < -0.39 is 5.97 Å².